The minimum atomic E-state index is -4.30. The van der Waals surface area contributed by atoms with E-state index < -0.39 is 11.7 Å². The van der Waals surface area contributed by atoms with Gasteiger partial charge in [-0.3, -0.25) is 0 Å². The van der Waals surface area contributed by atoms with Crippen LogP contribution in [0.5, 0.6) is 0 Å². The van der Waals surface area contributed by atoms with E-state index >= 15 is 0 Å². The molecular weight excluding hydrogens is 311 g/mol. The van der Waals surface area contributed by atoms with Crippen LogP contribution >= 0.6 is 12.4 Å². The van der Waals surface area contributed by atoms with Crippen molar-refractivity contribution in [1.82, 2.24) is 4.98 Å². The van der Waals surface area contributed by atoms with Gasteiger partial charge in [-0.1, -0.05) is 23.8 Å². The Kier molecular flexibility index (Phi) is 4.52. The average molecular weight is 325 g/mol. The van der Waals surface area contributed by atoms with E-state index in [-0.39, 0.29) is 12.4 Å². The summed E-state index contributed by atoms with van der Waals surface area (Å²) in [7, 11) is 0. The lowest BCUT2D eigenvalue weighted by molar-refractivity contribution is -0.137. The molecule has 0 amide bonds. The van der Waals surface area contributed by atoms with E-state index in [1.807, 2.05) is 31.7 Å². The molecule has 115 valence electrons. The topological polar surface area (TPSA) is 15.8 Å². The Bertz CT molecular complexity index is 773. The summed E-state index contributed by atoms with van der Waals surface area (Å²) in [6.07, 6.45) is -0.559. The van der Waals surface area contributed by atoms with Crippen LogP contribution in [0.25, 0.3) is 10.9 Å². The zero-order valence-corrected chi connectivity index (χ0v) is 12.6. The number of aromatic amines is 1. The van der Waals surface area contributed by atoms with Crippen LogP contribution in [0, 0.1) is 13.3 Å². The van der Waals surface area contributed by atoms with E-state index in [0.29, 0.717) is 0 Å². The summed E-state index contributed by atoms with van der Waals surface area (Å²) >= 11 is 0. The summed E-state index contributed by atoms with van der Waals surface area (Å²) in [6.45, 7) is 2.01. The molecule has 0 fully saturated rings. The highest BCUT2D eigenvalue weighted by molar-refractivity contribution is 5.86. The maximum absolute atomic E-state index is 12.5. The van der Waals surface area contributed by atoms with Gasteiger partial charge in [-0.05, 0) is 42.3 Å². The van der Waals surface area contributed by atoms with E-state index in [4.69, 9.17) is 0 Å². The molecule has 1 radical (unpaired) electrons. The van der Waals surface area contributed by atoms with Crippen LogP contribution in [0.3, 0.4) is 0 Å². The molecule has 0 bridgehead atoms. The summed E-state index contributed by atoms with van der Waals surface area (Å²) in [5, 5.41) is 1.06. The number of nitrogens with one attached hydrogen (secondary N) is 1. The van der Waals surface area contributed by atoms with Crippen molar-refractivity contribution in [2.75, 3.05) is 0 Å². The van der Waals surface area contributed by atoms with E-state index in [2.05, 4.69) is 11.1 Å². The predicted molar refractivity (Wildman–Crippen MR) is 84.2 cm³/mol. The Morgan fingerprint density at radius 3 is 2.32 bits per heavy atom. The van der Waals surface area contributed by atoms with Crippen molar-refractivity contribution in [3.63, 3.8) is 0 Å². The van der Waals surface area contributed by atoms with Crippen molar-refractivity contribution >= 4 is 23.3 Å². The second-order valence-corrected chi connectivity index (χ2v) is 5.06. The summed E-state index contributed by atoms with van der Waals surface area (Å²) in [5.74, 6) is 0. The van der Waals surface area contributed by atoms with Crippen molar-refractivity contribution in [2.24, 2.45) is 0 Å². The largest absolute Gasteiger partial charge is 0.416 e. The first-order valence-electron chi connectivity index (χ1n) is 6.53. The van der Waals surface area contributed by atoms with Crippen molar-refractivity contribution in [1.29, 1.82) is 0 Å². The molecule has 0 saturated carbocycles. The van der Waals surface area contributed by atoms with Crippen LogP contribution in [-0.4, -0.2) is 4.98 Å². The quantitative estimate of drug-likeness (QED) is 0.639. The third kappa shape index (κ3) is 3.28. The third-order valence-corrected chi connectivity index (χ3v) is 3.43. The standard InChI is InChI=1S/C17H13F3N.ClH/c1-11-2-7-16-15(8-11)13(10-21-16)9-12-3-5-14(6-4-12)17(18,19)20;/h2-10,21H,1H3;1H. The Hall–Kier alpha value is -1.94. The number of alkyl halides is 3. The lowest BCUT2D eigenvalue weighted by atomic mass is 10.0. The maximum Gasteiger partial charge on any atom is 0.416 e. The van der Waals surface area contributed by atoms with E-state index in [0.717, 1.165) is 39.7 Å². The Labute approximate surface area is 132 Å². The number of halogens is 4. The van der Waals surface area contributed by atoms with Crippen LogP contribution in [0.4, 0.5) is 13.2 Å². The molecule has 1 N–H and O–H groups in total. The minimum Gasteiger partial charge on any atom is -0.361 e. The third-order valence-electron chi connectivity index (χ3n) is 3.43. The second-order valence-electron chi connectivity index (χ2n) is 5.06. The van der Waals surface area contributed by atoms with Crippen LogP contribution in [0.2, 0.25) is 0 Å². The first-order valence-corrected chi connectivity index (χ1v) is 6.53. The maximum atomic E-state index is 12.5. The lowest BCUT2D eigenvalue weighted by Crippen LogP contribution is -2.04. The van der Waals surface area contributed by atoms with Gasteiger partial charge in [-0.15, -0.1) is 12.4 Å². The predicted octanol–water partition coefficient (Wildman–Crippen LogP) is 5.52. The normalized spacial score (nSPS) is 11.5. The smallest absolute Gasteiger partial charge is 0.361 e. The van der Waals surface area contributed by atoms with Crippen LogP contribution in [0.1, 0.15) is 22.3 Å². The zero-order valence-electron chi connectivity index (χ0n) is 11.7. The van der Waals surface area contributed by atoms with E-state index in [1.165, 1.54) is 12.1 Å². The molecule has 0 unspecified atom stereocenters. The molecule has 0 aliphatic carbocycles. The van der Waals surface area contributed by atoms with Gasteiger partial charge in [0.15, 0.2) is 0 Å². The van der Waals surface area contributed by atoms with Gasteiger partial charge in [0, 0.05) is 23.5 Å². The van der Waals surface area contributed by atoms with Gasteiger partial charge >= 0.3 is 6.18 Å². The number of rotatable bonds is 2. The van der Waals surface area contributed by atoms with Gasteiger partial charge in [0.2, 0.25) is 0 Å². The molecule has 3 rings (SSSR count). The number of aromatic nitrogens is 1. The average Bonchev–Trinajstić information content (AvgIpc) is 2.81. The number of fused-ring (bicyclic) bond motifs is 1. The van der Waals surface area contributed by atoms with Gasteiger partial charge in [0.1, 0.15) is 0 Å². The van der Waals surface area contributed by atoms with E-state index in [9.17, 15) is 13.2 Å². The zero-order chi connectivity index (χ0) is 15.0. The summed E-state index contributed by atoms with van der Waals surface area (Å²) < 4.78 is 37.6. The summed E-state index contributed by atoms with van der Waals surface area (Å²) in [6, 6.07) is 11.2. The van der Waals surface area contributed by atoms with Crippen LogP contribution < -0.4 is 0 Å². The molecule has 5 heteroatoms. The van der Waals surface area contributed by atoms with Gasteiger partial charge < -0.3 is 4.98 Å². The van der Waals surface area contributed by atoms with Crippen LogP contribution in [-0.2, 0) is 6.18 Å². The monoisotopic (exact) mass is 324 g/mol. The fraction of sp³-hybridized carbons (Fsp3) is 0.118. The molecule has 3 aromatic rings. The van der Waals surface area contributed by atoms with Crippen molar-refractivity contribution < 1.29 is 13.2 Å². The summed E-state index contributed by atoms with van der Waals surface area (Å²) in [4.78, 5) is 3.16. The molecular formula is C17H14ClF3N. The Morgan fingerprint density at radius 1 is 1.00 bits per heavy atom. The number of benzene rings is 2. The van der Waals surface area contributed by atoms with Crippen molar-refractivity contribution in [2.45, 2.75) is 13.1 Å². The highest BCUT2D eigenvalue weighted by Gasteiger charge is 2.29. The number of aryl methyl sites for hydroxylation is 1. The number of H-pyrrole nitrogens is 1. The highest BCUT2D eigenvalue weighted by atomic mass is 35.5. The molecule has 0 spiro atoms. The summed E-state index contributed by atoms with van der Waals surface area (Å²) in [5.41, 5.74) is 3.23. The van der Waals surface area contributed by atoms with Crippen molar-refractivity contribution in [3.8, 4) is 0 Å². The molecule has 22 heavy (non-hydrogen) atoms. The lowest BCUT2D eigenvalue weighted by Gasteiger charge is -2.07. The molecule has 1 heterocycles. The Balaban J connectivity index is 0.00000176. The van der Waals surface area contributed by atoms with Crippen molar-refractivity contribution in [3.05, 3.63) is 77.3 Å². The van der Waals surface area contributed by atoms with E-state index in [1.54, 1.807) is 0 Å². The molecule has 0 aliphatic rings. The molecule has 1 nitrogen and oxygen atoms in total. The van der Waals surface area contributed by atoms with Gasteiger partial charge in [0.05, 0.1) is 5.56 Å². The molecule has 0 atom stereocenters. The minimum absolute atomic E-state index is 0. The molecule has 1 aromatic heterocycles. The van der Waals surface area contributed by atoms with Gasteiger partial charge in [-0.2, -0.15) is 13.2 Å². The highest BCUT2D eigenvalue weighted by Crippen LogP contribution is 2.30. The fourth-order valence-electron chi connectivity index (χ4n) is 2.32. The fourth-order valence-corrected chi connectivity index (χ4v) is 2.32. The molecule has 0 aliphatic heterocycles. The molecule has 2 aromatic carbocycles. The first-order chi connectivity index (χ1) is 9.93. The number of hydrogen-bond acceptors (Lipinski definition) is 0. The van der Waals surface area contributed by atoms with Gasteiger partial charge in [-0.25, -0.2) is 0 Å². The second kappa shape index (κ2) is 6.05. The molecule has 0 saturated heterocycles. The Morgan fingerprint density at radius 2 is 1.68 bits per heavy atom. The number of hydrogen-bond donors (Lipinski definition) is 1. The first kappa shape index (κ1) is 16.4. The SMILES string of the molecule is Cc1ccc2[nH]cc([CH]c3ccc(C(F)(F)F)cc3)c2c1.Cl. The van der Waals surface area contributed by atoms with Crippen LogP contribution in [0.15, 0.2) is 48.7 Å². The van der Waals surface area contributed by atoms with Gasteiger partial charge in [0.25, 0.3) is 0 Å².